The van der Waals surface area contributed by atoms with Crippen molar-refractivity contribution in [2.45, 2.75) is 26.3 Å². The number of carbonyl (C=O) groups is 2. The average Bonchev–Trinajstić information content (AvgIpc) is 2.60. The SMILES string of the molecule is CCCNC(=O)c1ccc(NC(=O)C(N)c2ccc(C)cc2)cc1.Cl. The number of halogens is 1. The van der Waals surface area contributed by atoms with Crippen LogP contribution in [0, 0.1) is 6.92 Å². The number of benzene rings is 2. The number of rotatable bonds is 6. The second kappa shape index (κ2) is 9.81. The molecule has 0 fully saturated rings. The van der Waals surface area contributed by atoms with Crippen LogP contribution in [-0.4, -0.2) is 18.4 Å². The first-order valence-corrected chi connectivity index (χ1v) is 8.02. The molecule has 1 unspecified atom stereocenters. The molecule has 0 aromatic heterocycles. The van der Waals surface area contributed by atoms with Gasteiger partial charge in [-0.1, -0.05) is 36.8 Å². The van der Waals surface area contributed by atoms with Gasteiger partial charge in [0.05, 0.1) is 0 Å². The van der Waals surface area contributed by atoms with Crippen molar-refractivity contribution >= 4 is 29.9 Å². The van der Waals surface area contributed by atoms with E-state index >= 15 is 0 Å². The zero-order valence-electron chi connectivity index (χ0n) is 14.4. The second-order valence-electron chi connectivity index (χ2n) is 5.71. The van der Waals surface area contributed by atoms with Gasteiger partial charge in [0.2, 0.25) is 5.91 Å². The molecule has 0 saturated carbocycles. The number of hydrogen-bond donors (Lipinski definition) is 3. The summed E-state index contributed by atoms with van der Waals surface area (Å²) in [7, 11) is 0. The highest BCUT2D eigenvalue weighted by atomic mass is 35.5. The third-order valence-corrected chi connectivity index (χ3v) is 3.67. The van der Waals surface area contributed by atoms with Crippen molar-refractivity contribution < 1.29 is 9.59 Å². The first-order valence-electron chi connectivity index (χ1n) is 8.02. The Bertz CT molecular complexity index is 700. The Morgan fingerprint density at radius 1 is 1.04 bits per heavy atom. The Kier molecular flexibility index (Phi) is 8.11. The number of hydrogen-bond acceptors (Lipinski definition) is 3. The molecular formula is C19H24ClN3O2. The zero-order valence-corrected chi connectivity index (χ0v) is 15.2. The van der Waals surface area contributed by atoms with Gasteiger partial charge in [-0.25, -0.2) is 0 Å². The lowest BCUT2D eigenvalue weighted by Gasteiger charge is -2.13. The molecule has 6 heteroatoms. The van der Waals surface area contributed by atoms with E-state index in [1.54, 1.807) is 24.3 Å². The van der Waals surface area contributed by atoms with Crippen LogP contribution in [0.15, 0.2) is 48.5 Å². The summed E-state index contributed by atoms with van der Waals surface area (Å²) >= 11 is 0. The number of nitrogens with one attached hydrogen (secondary N) is 2. The monoisotopic (exact) mass is 361 g/mol. The molecule has 2 amide bonds. The van der Waals surface area contributed by atoms with Crippen molar-refractivity contribution in [1.82, 2.24) is 5.32 Å². The molecule has 0 aliphatic carbocycles. The van der Waals surface area contributed by atoms with Crippen molar-refractivity contribution in [3.63, 3.8) is 0 Å². The van der Waals surface area contributed by atoms with Crippen LogP contribution in [0.2, 0.25) is 0 Å². The summed E-state index contributed by atoms with van der Waals surface area (Å²) in [6.07, 6.45) is 0.886. The quantitative estimate of drug-likeness (QED) is 0.738. The standard InChI is InChI=1S/C19H23N3O2.ClH/c1-3-12-21-18(23)15-8-10-16(11-9-15)22-19(24)17(20)14-6-4-13(2)5-7-14;/h4-11,17H,3,12,20H2,1-2H3,(H,21,23)(H,22,24);1H. The maximum absolute atomic E-state index is 12.2. The minimum Gasteiger partial charge on any atom is -0.352 e. The van der Waals surface area contributed by atoms with Crippen LogP contribution in [0.3, 0.4) is 0 Å². The first kappa shape index (κ1) is 20.7. The third kappa shape index (κ3) is 5.89. The summed E-state index contributed by atoms with van der Waals surface area (Å²) in [5.41, 5.74) is 9.03. The molecule has 134 valence electrons. The predicted molar refractivity (Wildman–Crippen MR) is 103 cm³/mol. The number of aryl methyl sites for hydroxylation is 1. The van der Waals surface area contributed by atoms with E-state index in [0.717, 1.165) is 17.5 Å². The molecule has 25 heavy (non-hydrogen) atoms. The molecule has 0 heterocycles. The van der Waals surface area contributed by atoms with Crippen LogP contribution in [0.4, 0.5) is 5.69 Å². The lowest BCUT2D eigenvalue weighted by molar-refractivity contribution is -0.117. The third-order valence-electron chi connectivity index (χ3n) is 3.67. The molecule has 0 bridgehead atoms. The largest absolute Gasteiger partial charge is 0.352 e. The second-order valence-corrected chi connectivity index (χ2v) is 5.71. The highest BCUT2D eigenvalue weighted by Gasteiger charge is 2.16. The molecule has 1 atom stereocenters. The highest BCUT2D eigenvalue weighted by Crippen LogP contribution is 2.15. The van der Waals surface area contributed by atoms with E-state index in [-0.39, 0.29) is 24.2 Å². The summed E-state index contributed by atoms with van der Waals surface area (Å²) in [4.78, 5) is 24.1. The molecule has 2 aromatic rings. The first-order chi connectivity index (χ1) is 11.5. The Hall–Kier alpha value is -2.37. The number of carbonyl (C=O) groups excluding carboxylic acids is 2. The van der Waals surface area contributed by atoms with E-state index < -0.39 is 6.04 Å². The Balaban J connectivity index is 0.00000312. The summed E-state index contributed by atoms with van der Waals surface area (Å²) in [6, 6.07) is 13.6. The molecule has 0 radical (unpaired) electrons. The number of nitrogens with two attached hydrogens (primary N) is 1. The van der Waals surface area contributed by atoms with Crippen LogP contribution in [0.25, 0.3) is 0 Å². The molecule has 2 rings (SSSR count). The Morgan fingerprint density at radius 2 is 1.64 bits per heavy atom. The minimum atomic E-state index is -0.738. The van der Waals surface area contributed by atoms with Gasteiger partial charge in [0, 0.05) is 17.8 Å². The fourth-order valence-electron chi connectivity index (χ4n) is 2.19. The molecule has 0 aliphatic rings. The van der Waals surface area contributed by atoms with Crippen molar-refractivity contribution in [3.8, 4) is 0 Å². The van der Waals surface area contributed by atoms with E-state index in [4.69, 9.17) is 5.73 Å². The van der Waals surface area contributed by atoms with Gasteiger partial charge in [0.15, 0.2) is 0 Å². The summed E-state index contributed by atoms with van der Waals surface area (Å²) in [6.45, 7) is 4.62. The smallest absolute Gasteiger partial charge is 0.251 e. The molecule has 5 nitrogen and oxygen atoms in total. The van der Waals surface area contributed by atoms with Gasteiger partial charge >= 0.3 is 0 Å². The van der Waals surface area contributed by atoms with E-state index in [1.165, 1.54) is 0 Å². The van der Waals surface area contributed by atoms with Crippen molar-refractivity contribution in [2.75, 3.05) is 11.9 Å². The van der Waals surface area contributed by atoms with Gasteiger partial charge in [-0.2, -0.15) is 0 Å². The predicted octanol–water partition coefficient (Wildman–Crippen LogP) is 3.20. The summed E-state index contributed by atoms with van der Waals surface area (Å²) in [5.74, 6) is -0.409. The van der Waals surface area contributed by atoms with E-state index in [1.807, 2.05) is 38.1 Å². The number of amides is 2. The minimum absolute atomic E-state index is 0. The molecule has 0 saturated heterocycles. The van der Waals surface area contributed by atoms with Gasteiger partial charge < -0.3 is 16.4 Å². The van der Waals surface area contributed by atoms with Crippen LogP contribution in [0.5, 0.6) is 0 Å². The van der Waals surface area contributed by atoms with Crippen LogP contribution in [-0.2, 0) is 4.79 Å². The van der Waals surface area contributed by atoms with E-state index in [2.05, 4.69) is 10.6 Å². The Morgan fingerprint density at radius 3 is 2.20 bits per heavy atom. The topological polar surface area (TPSA) is 84.2 Å². The van der Waals surface area contributed by atoms with E-state index in [0.29, 0.717) is 17.8 Å². The summed E-state index contributed by atoms with van der Waals surface area (Å²) in [5, 5.41) is 5.58. The van der Waals surface area contributed by atoms with Gasteiger partial charge in [-0.3, -0.25) is 9.59 Å². The van der Waals surface area contributed by atoms with Crippen LogP contribution >= 0.6 is 12.4 Å². The van der Waals surface area contributed by atoms with Crippen LogP contribution in [0.1, 0.15) is 40.9 Å². The van der Waals surface area contributed by atoms with Gasteiger partial charge in [-0.15, -0.1) is 12.4 Å². The maximum Gasteiger partial charge on any atom is 0.251 e. The van der Waals surface area contributed by atoms with Crippen molar-refractivity contribution in [2.24, 2.45) is 5.73 Å². The fraction of sp³-hybridized carbons (Fsp3) is 0.263. The lowest BCUT2D eigenvalue weighted by atomic mass is 10.1. The fourth-order valence-corrected chi connectivity index (χ4v) is 2.19. The van der Waals surface area contributed by atoms with Crippen LogP contribution < -0.4 is 16.4 Å². The van der Waals surface area contributed by atoms with Gasteiger partial charge in [0.1, 0.15) is 6.04 Å². The normalized spacial score (nSPS) is 11.2. The summed E-state index contributed by atoms with van der Waals surface area (Å²) < 4.78 is 0. The van der Waals surface area contributed by atoms with Gasteiger partial charge in [0.25, 0.3) is 5.91 Å². The molecular weight excluding hydrogens is 338 g/mol. The van der Waals surface area contributed by atoms with E-state index in [9.17, 15) is 9.59 Å². The maximum atomic E-state index is 12.2. The molecule has 2 aromatic carbocycles. The van der Waals surface area contributed by atoms with Crippen molar-refractivity contribution in [3.05, 3.63) is 65.2 Å². The molecule has 0 aliphatic heterocycles. The highest BCUT2D eigenvalue weighted by molar-refractivity contribution is 5.97. The Labute approximate surface area is 154 Å². The van der Waals surface area contributed by atoms with Gasteiger partial charge in [-0.05, 0) is 43.2 Å². The number of anilines is 1. The molecule has 0 spiro atoms. The average molecular weight is 362 g/mol. The lowest BCUT2D eigenvalue weighted by Crippen LogP contribution is -2.27. The van der Waals surface area contributed by atoms with Crippen molar-refractivity contribution in [1.29, 1.82) is 0 Å². The molecule has 4 N–H and O–H groups in total. The zero-order chi connectivity index (χ0) is 17.5.